The van der Waals surface area contributed by atoms with Gasteiger partial charge in [0.1, 0.15) is 0 Å². The highest BCUT2D eigenvalue weighted by Crippen LogP contribution is 2.21. The summed E-state index contributed by atoms with van der Waals surface area (Å²) in [6.45, 7) is 5.16. The number of hydrogen-bond acceptors (Lipinski definition) is 5. The molecule has 1 fully saturated rings. The van der Waals surface area contributed by atoms with Gasteiger partial charge in [0.25, 0.3) is 15.2 Å². The average Bonchev–Trinajstić information content (AvgIpc) is 2.37. The maximum Gasteiger partial charge on any atom is 0.278 e. The van der Waals surface area contributed by atoms with Gasteiger partial charge in [-0.25, -0.2) is 18.4 Å². The molecule has 0 saturated carbocycles. The SMILES string of the molecule is Cc1cc(C)nc(S(=O)(=O)N2CCC(CN)CC2)n1.Cl. The summed E-state index contributed by atoms with van der Waals surface area (Å²) >= 11 is 0. The Morgan fingerprint density at radius 2 is 1.75 bits per heavy atom. The molecule has 2 rings (SSSR count). The van der Waals surface area contributed by atoms with E-state index in [1.807, 2.05) is 0 Å². The van der Waals surface area contributed by atoms with Crippen molar-refractivity contribution >= 4 is 22.4 Å². The second-order valence-electron chi connectivity index (χ2n) is 5.02. The van der Waals surface area contributed by atoms with Crippen LogP contribution in [0.4, 0.5) is 0 Å². The van der Waals surface area contributed by atoms with E-state index in [-0.39, 0.29) is 17.6 Å². The minimum absolute atomic E-state index is 0. The molecule has 0 aromatic carbocycles. The molecule has 1 saturated heterocycles. The van der Waals surface area contributed by atoms with Crippen LogP contribution in [-0.4, -0.2) is 42.3 Å². The minimum Gasteiger partial charge on any atom is -0.330 e. The number of nitrogens with two attached hydrogens (primary N) is 1. The minimum atomic E-state index is -3.57. The number of rotatable bonds is 3. The number of nitrogens with zero attached hydrogens (tertiary/aromatic N) is 3. The van der Waals surface area contributed by atoms with E-state index >= 15 is 0 Å². The van der Waals surface area contributed by atoms with Gasteiger partial charge in [0.2, 0.25) is 0 Å². The molecule has 8 heteroatoms. The summed E-state index contributed by atoms with van der Waals surface area (Å²) in [6, 6.07) is 1.76. The smallest absolute Gasteiger partial charge is 0.278 e. The van der Waals surface area contributed by atoms with Gasteiger partial charge >= 0.3 is 0 Å². The zero-order valence-corrected chi connectivity index (χ0v) is 13.4. The Morgan fingerprint density at radius 1 is 1.25 bits per heavy atom. The summed E-state index contributed by atoms with van der Waals surface area (Å²) < 4.78 is 26.4. The van der Waals surface area contributed by atoms with E-state index in [4.69, 9.17) is 5.73 Å². The first-order chi connectivity index (χ1) is 8.93. The molecule has 20 heavy (non-hydrogen) atoms. The number of hydrogen-bond donors (Lipinski definition) is 1. The summed E-state index contributed by atoms with van der Waals surface area (Å²) in [4.78, 5) is 8.11. The van der Waals surface area contributed by atoms with Crippen LogP contribution in [0.3, 0.4) is 0 Å². The van der Waals surface area contributed by atoms with Crippen LogP contribution in [0.25, 0.3) is 0 Å². The van der Waals surface area contributed by atoms with Crippen LogP contribution in [0.2, 0.25) is 0 Å². The first kappa shape index (κ1) is 17.3. The molecule has 0 unspecified atom stereocenters. The summed E-state index contributed by atoms with van der Waals surface area (Å²) in [5.74, 6) is 0.423. The number of piperidine rings is 1. The van der Waals surface area contributed by atoms with Crippen molar-refractivity contribution in [1.82, 2.24) is 14.3 Å². The molecule has 0 spiro atoms. The molecular formula is C12H21ClN4O2S. The van der Waals surface area contributed by atoms with Crippen molar-refractivity contribution in [3.8, 4) is 0 Å². The van der Waals surface area contributed by atoms with Crippen LogP contribution in [0, 0.1) is 19.8 Å². The van der Waals surface area contributed by atoms with Crippen LogP contribution in [-0.2, 0) is 10.0 Å². The van der Waals surface area contributed by atoms with Gasteiger partial charge in [-0.3, -0.25) is 0 Å². The third kappa shape index (κ3) is 3.66. The average molecular weight is 321 g/mol. The van der Waals surface area contributed by atoms with E-state index in [0.29, 0.717) is 36.9 Å². The Bertz CT molecular complexity index is 536. The van der Waals surface area contributed by atoms with E-state index in [2.05, 4.69) is 9.97 Å². The number of aryl methyl sites for hydroxylation is 2. The Labute approximate surface area is 126 Å². The van der Waals surface area contributed by atoms with Crippen LogP contribution < -0.4 is 5.73 Å². The number of sulfonamides is 1. The van der Waals surface area contributed by atoms with Gasteiger partial charge in [-0.05, 0) is 45.2 Å². The molecule has 2 heterocycles. The molecule has 0 atom stereocenters. The number of aromatic nitrogens is 2. The Kier molecular flexibility index (Phi) is 5.88. The zero-order valence-electron chi connectivity index (χ0n) is 11.7. The lowest BCUT2D eigenvalue weighted by Crippen LogP contribution is -2.40. The number of halogens is 1. The molecule has 1 aliphatic heterocycles. The highest BCUT2D eigenvalue weighted by atomic mass is 35.5. The Balaban J connectivity index is 0.00000200. The highest BCUT2D eigenvalue weighted by Gasteiger charge is 2.31. The molecule has 1 aromatic heterocycles. The summed E-state index contributed by atoms with van der Waals surface area (Å²) in [5, 5.41) is -0.0869. The van der Waals surface area contributed by atoms with Crippen LogP contribution in [0.1, 0.15) is 24.2 Å². The van der Waals surface area contributed by atoms with Crippen LogP contribution >= 0.6 is 12.4 Å². The van der Waals surface area contributed by atoms with E-state index in [0.717, 1.165) is 12.8 Å². The maximum absolute atomic E-state index is 12.5. The van der Waals surface area contributed by atoms with Gasteiger partial charge in [-0.2, -0.15) is 4.31 Å². The standard InChI is InChI=1S/C12H20N4O2S.ClH/c1-9-7-10(2)15-12(14-9)19(17,18)16-5-3-11(8-13)4-6-16;/h7,11H,3-6,8,13H2,1-2H3;1H. The largest absolute Gasteiger partial charge is 0.330 e. The second kappa shape index (κ2) is 6.80. The van der Waals surface area contributed by atoms with Gasteiger partial charge < -0.3 is 5.73 Å². The van der Waals surface area contributed by atoms with E-state index in [1.165, 1.54) is 4.31 Å². The lowest BCUT2D eigenvalue weighted by Gasteiger charge is -2.29. The van der Waals surface area contributed by atoms with Crippen molar-refractivity contribution in [2.45, 2.75) is 31.8 Å². The van der Waals surface area contributed by atoms with Gasteiger partial charge in [0, 0.05) is 24.5 Å². The molecule has 0 radical (unpaired) electrons. The normalized spacial score (nSPS) is 17.8. The molecule has 6 nitrogen and oxygen atoms in total. The van der Waals surface area contributed by atoms with Crippen molar-refractivity contribution in [2.24, 2.45) is 11.7 Å². The molecule has 114 valence electrons. The maximum atomic E-state index is 12.5. The molecule has 1 aromatic rings. The molecule has 2 N–H and O–H groups in total. The second-order valence-corrected chi connectivity index (χ2v) is 6.85. The van der Waals surface area contributed by atoms with E-state index in [9.17, 15) is 8.42 Å². The van der Waals surface area contributed by atoms with Gasteiger partial charge in [0.15, 0.2) is 0 Å². The van der Waals surface area contributed by atoms with E-state index in [1.54, 1.807) is 19.9 Å². The predicted octanol–water partition coefficient (Wildman–Crippen LogP) is 0.875. The van der Waals surface area contributed by atoms with Crippen molar-refractivity contribution in [1.29, 1.82) is 0 Å². The third-order valence-corrected chi connectivity index (χ3v) is 5.13. The molecule has 1 aliphatic rings. The lowest BCUT2D eigenvalue weighted by molar-refractivity contribution is 0.277. The summed E-state index contributed by atoms with van der Waals surface area (Å²) in [6.07, 6.45) is 1.61. The molecule has 0 amide bonds. The summed E-state index contributed by atoms with van der Waals surface area (Å²) in [7, 11) is -3.57. The fraction of sp³-hybridized carbons (Fsp3) is 0.667. The highest BCUT2D eigenvalue weighted by molar-refractivity contribution is 7.88. The first-order valence-corrected chi connectivity index (χ1v) is 7.90. The fourth-order valence-corrected chi connectivity index (χ4v) is 3.75. The van der Waals surface area contributed by atoms with Crippen LogP contribution in [0.5, 0.6) is 0 Å². The Hall–Kier alpha value is -0.760. The molecule has 0 bridgehead atoms. The van der Waals surface area contributed by atoms with Gasteiger partial charge in [0.05, 0.1) is 0 Å². The zero-order chi connectivity index (χ0) is 14.0. The van der Waals surface area contributed by atoms with Crippen molar-refractivity contribution < 1.29 is 8.42 Å². The van der Waals surface area contributed by atoms with Gasteiger partial charge in [-0.15, -0.1) is 12.4 Å². The topological polar surface area (TPSA) is 89.2 Å². The Morgan fingerprint density at radius 3 is 2.20 bits per heavy atom. The van der Waals surface area contributed by atoms with E-state index < -0.39 is 10.0 Å². The van der Waals surface area contributed by atoms with Crippen molar-refractivity contribution in [3.63, 3.8) is 0 Å². The predicted molar refractivity (Wildman–Crippen MR) is 79.3 cm³/mol. The van der Waals surface area contributed by atoms with Gasteiger partial charge in [-0.1, -0.05) is 0 Å². The molecule has 0 aliphatic carbocycles. The fourth-order valence-electron chi connectivity index (χ4n) is 2.31. The first-order valence-electron chi connectivity index (χ1n) is 6.46. The quantitative estimate of drug-likeness (QED) is 0.835. The van der Waals surface area contributed by atoms with Crippen molar-refractivity contribution in [3.05, 3.63) is 17.5 Å². The van der Waals surface area contributed by atoms with Crippen molar-refractivity contribution in [2.75, 3.05) is 19.6 Å². The third-order valence-electron chi connectivity index (χ3n) is 3.44. The summed E-state index contributed by atoms with van der Waals surface area (Å²) in [5.41, 5.74) is 6.95. The lowest BCUT2D eigenvalue weighted by atomic mass is 9.99. The molecular weight excluding hydrogens is 300 g/mol. The van der Waals surface area contributed by atoms with Crippen LogP contribution in [0.15, 0.2) is 11.2 Å². The monoisotopic (exact) mass is 320 g/mol.